The average molecular weight is 368 g/mol. The molecule has 4 rings (SSSR count). The fourth-order valence-corrected chi connectivity index (χ4v) is 4.00. The molecule has 1 fully saturated rings. The molecule has 8 heteroatoms. The van der Waals surface area contributed by atoms with Gasteiger partial charge in [0.1, 0.15) is 5.54 Å². The predicted octanol–water partition coefficient (Wildman–Crippen LogP) is 2.11. The summed E-state index contributed by atoms with van der Waals surface area (Å²) in [5.74, 6) is -0.329. The molecule has 3 heterocycles. The summed E-state index contributed by atoms with van der Waals surface area (Å²) in [6.45, 7) is 1.82. The van der Waals surface area contributed by atoms with Crippen LogP contribution in [0.2, 0.25) is 0 Å². The molecule has 1 unspecified atom stereocenters. The first kappa shape index (κ1) is 16.5. The number of fused-ring (bicyclic) bond motifs is 1. The first-order chi connectivity index (χ1) is 12.5. The summed E-state index contributed by atoms with van der Waals surface area (Å²) in [7, 11) is 0. The van der Waals surface area contributed by atoms with Crippen LogP contribution in [0.4, 0.5) is 4.79 Å². The van der Waals surface area contributed by atoms with Gasteiger partial charge >= 0.3 is 6.03 Å². The van der Waals surface area contributed by atoms with Gasteiger partial charge in [0.2, 0.25) is 0 Å². The summed E-state index contributed by atoms with van der Waals surface area (Å²) in [4.78, 5) is 43.8. The fourth-order valence-electron chi connectivity index (χ4n) is 3.26. The predicted molar refractivity (Wildman–Crippen MR) is 96.8 cm³/mol. The third kappa shape index (κ3) is 2.41. The number of urea groups is 1. The maximum absolute atomic E-state index is 13.1. The number of benzene rings is 1. The molecule has 7 nitrogen and oxygen atoms in total. The quantitative estimate of drug-likeness (QED) is 0.715. The van der Waals surface area contributed by atoms with E-state index in [1.807, 2.05) is 37.3 Å². The molecule has 1 saturated heterocycles. The molecule has 0 saturated carbocycles. The van der Waals surface area contributed by atoms with Crippen molar-refractivity contribution in [2.75, 3.05) is 0 Å². The molecule has 0 spiro atoms. The highest BCUT2D eigenvalue weighted by atomic mass is 32.1. The van der Waals surface area contributed by atoms with Crippen molar-refractivity contribution in [3.8, 4) is 0 Å². The first-order valence-electron chi connectivity index (χ1n) is 8.20. The Kier molecular flexibility index (Phi) is 3.84. The number of thiazole rings is 1. The van der Waals surface area contributed by atoms with E-state index in [1.54, 1.807) is 11.6 Å². The number of nitrogens with one attached hydrogen (secondary N) is 1. The summed E-state index contributed by atoms with van der Waals surface area (Å²) in [5.41, 5.74) is -0.186. The van der Waals surface area contributed by atoms with Crippen molar-refractivity contribution in [1.82, 2.24) is 19.6 Å². The number of imide groups is 1. The minimum absolute atomic E-state index is 0.0388. The van der Waals surface area contributed by atoms with E-state index in [-0.39, 0.29) is 18.0 Å². The van der Waals surface area contributed by atoms with Crippen LogP contribution in [0.3, 0.4) is 0 Å². The summed E-state index contributed by atoms with van der Waals surface area (Å²) in [6.07, 6.45) is 2.07. The normalized spacial score (nSPS) is 20.0. The maximum Gasteiger partial charge on any atom is 0.325 e. The first-order valence-corrected chi connectivity index (χ1v) is 9.08. The van der Waals surface area contributed by atoms with Gasteiger partial charge in [-0.2, -0.15) is 0 Å². The monoisotopic (exact) mass is 368 g/mol. The Morgan fingerprint density at radius 1 is 1.19 bits per heavy atom. The van der Waals surface area contributed by atoms with Crippen LogP contribution >= 0.6 is 11.3 Å². The highest BCUT2D eigenvalue weighted by Crippen LogP contribution is 2.32. The largest absolute Gasteiger partial charge is 0.325 e. The fraction of sp³-hybridized carbons (Fsp3) is 0.222. The lowest BCUT2D eigenvalue weighted by Crippen LogP contribution is -2.43. The van der Waals surface area contributed by atoms with Crippen LogP contribution in [0, 0.1) is 0 Å². The minimum atomic E-state index is -1.08. The van der Waals surface area contributed by atoms with Crippen molar-refractivity contribution < 1.29 is 9.59 Å². The Balaban J connectivity index is 1.70. The van der Waals surface area contributed by atoms with E-state index in [0.29, 0.717) is 17.1 Å². The lowest BCUT2D eigenvalue weighted by molar-refractivity contribution is -0.132. The number of hydrogen-bond acceptors (Lipinski definition) is 5. The van der Waals surface area contributed by atoms with Gasteiger partial charge in [-0.3, -0.25) is 18.9 Å². The SMILES string of the molecule is CCC1(c2ccccc2)NC(=O)N(Cc2cc(=O)n3ccsc3n2)C1=O. The number of hydrogen-bond donors (Lipinski definition) is 1. The lowest BCUT2D eigenvalue weighted by atomic mass is 9.87. The molecule has 0 radical (unpaired) electrons. The van der Waals surface area contributed by atoms with Crippen molar-refractivity contribution in [2.45, 2.75) is 25.4 Å². The van der Waals surface area contributed by atoms with E-state index in [1.165, 1.54) is 21.8 Å². The number of aromatic nitrogens is 2. The molecule has 1 aromatic carbocycles. The molecule has 0 bridgehead atoms. The molecule has 3 amide bonds. The van der Waals surface area contributed by atoms with Crippen LogP contribution < -0.4 is 10.9 Å². The van der Waals surface area contributed by atoms with Gasteiger partial charge in [0.05, 0.1) is 12.2 Å². The van der Waals surface area contributed by atoms with E-state index in [4.69, 9.17) is 0 Å². The van der Waals surface area contributed by atoms with Crippen LogP contribution in [0.25, 0.3) is 4.96 Å². The summed E-state index contributed by atoms with van der Waals surface area (Å²) < 4.78 is 1.43. The van der Waals surface area contributed by atoms with Crippen molar-refractivity contribution in [2.24, 2.45) is 0 Å². The molecule has 132 valence electrons. The third-order valence-electron chi connectivity index (χ3n) is 4.65. The number of rotatable bonds is 4. The zero-order chi connectivity index (χ0) is 18.3. The van der Waals surface area contributed by atoms with Crippen LogP contribution in [0.5, 0.6) is 0 Å². The summed E-state index contributed by atoms with van der Waals surface area (Å²) in [6, 6.07) is 10.1. The number of amides is 3. The van der Waals surface area contributed by atoms with E-state index in [2.05, 4.69) is 10.3 Å². The van der Waals surface area contributed by atoms with Gasteiger partial charge in [-0.05, 0) is 12.0 Å². The van der Waals surface area contributed by atoms with Gasteiger partial charge in [0, 0.05) is 17.6 Å². The molecule has 1 N–H and O–H groups in total. The van der Waals surface area contributed by atoms with Crippen LogP contribution in [-0.4, -0.2) is 26.2 Å². The van der Waals surface area contributed by atoms with Crippen molar-refractivity contribution in [3.05, 3.63) is 69.6 Å². The number of carbonyl (C=O) groups excluding carboxylic acids is 2. The second kappa shape index (κ2) is 6.06. The number of carbonyl (C=O) groups is 2. The minimum Gasteiger partial charge on any atom is -0.319 e. The summed E-state index contributed by atoms with van der Waals surface area (Å²) in [5, 5.41) is 4.59. The molecular formula is C18H16N4O3S. The van der Waals surface area contributed by atoms with E-state index >= 15 is 0 Å². The van der Waals surface area contributed by atoms with Gasteiger partial charge in [-0.15, -0.1) is 11.3 Å². The van der Waals surface area contributed by atoms with E-state index in [0.717, 1.165) is 10.5 Å². The van der Waals surface area contributed by atoms with Crippen molar-refractivity contribution in [1.29, 1.82) is 0 Å². The third-order valence-corrected chi connectivity index (χ3v) is 5.41. The molecule has 1 aliphatic heterocycles. The number of nitrogens with zero attached hydrogens (tertiary/aromatic N) is 3. The van der Waals surface area contributed by atoms with Crippen molar-refractivity contribution >= 4 is 28.2 Å². The van der Waals surface area contributed by atoms with Gasteiger partial charge < -0.3 is 5.32 Å². The topological polar surface area (TPSA) is 83.8 Å². The van der Waals surface area contributed by atoms with Gasteiger partial charge in [0.25, 0.3) is 11.5 Å². The van der Waals surface area contributed by atoms with Crippen LogP contribution in [0.1, 0.15) is 24.6 Å². The van der Waals surface area contributed by atoms with Gasteiger partial charge in [0.15, 0.2) is 4.96 Å². The average Bonchev–Trinajstić information content (AvgIpc) is 3.21. The Labute approximate surface area is 152 Å². The highest BCUT2D eigenvalue weighted by molar-refractivity contribution is 7.15. The van der Waals surface area contributed by atoms with Crippen LogP contribution in [0.15, 0.2) is 52.8 Å². The van der Waals surface area contributed by atoms with Crippen LogP contribution in [-0.2, 0) is 16.9 Å². The lowest BCUT2D eigenvalue weighted by Gasteiger charge is -2.25. The zero-order valence-corrected chi connectivity index (χ0v) is 14.8. The second-order valence-corrected chi connectivity index (χ2v) is 6.96. The Bertz CT molecular complexity index is 1060. The Morgan fingerprint density at radius 3 is 2.69 bits per heavy atom. The van der Waals surface area contributed by atoms with Gasteiger partial charge in [-0.1, -0.05) is 37.3 Å². The van der Waals surface area contributed by atoms with Crippen molar-refractivity contribution in [3.63, 3.8) is 0 Å². The second-order valence-electron chi connectivity index (χ2n) is 6.09. The Hall–Kier alpha value is -3.00. The molecule has 0 aliphatic carbocycles. The molecule has 1 aliphatic rings. The molecule has 1 atom stereocenters. The maximum atomic E-state index is 13.1. The summed E-state index contributed by atoms with van der Waals surface area (Å²) >= 11 is 1.32. The zero-order valence-electron chi connectivity index (χ0n) is 14.0. The highest BCUT2D eigenvalue weighted by Gasteiger charge is 2.51. The van der Waals surface area contributed by atoms with E-state index in [9.17, 15) is 14.4 Å². The molecular weight excluding hydrogens is 352 g/mol. The molecule has 2 aromatic heterocycles. The van der Waals surface area contributed by atoms with Gasteiger partial charge in [-0.25, -0.2) is 9.78 Å². The van der Waals surface area contributed by atoms with E-state index < -0.39 is 11.6 Å². The standard InChI is InChI=1S/C18H16N4O3S/c1-2-18(12-6-4-3-5-7-12)15(24)22(16(25)20-18)11-13-10-14(23)21-8-9-26-17(21)19-13/h3-10H,2,11H2,1H3,(H,20,25). The smallest absolute Gasteiger partial charge is 0.319 e. The molecule has 3 aromatic rings. The Morgan fingerprint density at radius 2 is 1.96 bits per heavy atom. The molecule has 26 heavy (non-hydrogen) atoms.